The Kier molecular flexibility index (Phi) is 4.96. The second-order valence-electron chi connectivity index (χ2n) is 3.55. The Hall–Kier alpha value is -0.220. The topological polar surface area (TPSA) is 9.23 Å². The third kappa shape index (κ3) is 3.21. The van der Waals surface area contributed by atoms with Gasteiger partial charge in [0.15, 0.2) is 0 Å². The lowest BCUT2D eigenvalue weighted by atomic mass is 10.2. The lowest BCUT2D eigenvalue weighted by Gasteiger charge is -2.10. The third-order valence-electron chi connectivity index (χ3n) is 2.29. The smallest absolute Gasteiger partial charge is 0.147 e. The summed E-state index contributed by atoms with van der Waals surface area (Å²) in [6.45, 7) is 0. The van der Waals surface area contributed by atoms with Gasteiger partial charge in [0.2, 0.25) is 0 Å². The van der Waals surface area contributed by atoms with Gasteiger partial charge in [-0.05, 0) is 45.8 Å². The molecule has 0 atom stereocenters. The summed E-state index contributed by atoms with van der Waals surface area (Å²) in [5, 5.41) is 1.68. The van der Waals surface area contributed by atoms with E-state index in [9.17, 15) is 0 Å². The zero-order valence-electron chi connectivity index (χ0n) is 9.09. The lowest BCUT2D eigenvalue weighted by molar-refractivity contribution is 0.480. The van der Waals surface area contributed by atoms with Crippen molar-refractivity contribution in [1.82, 2.24) is 0 Å². The molecule has 0 heterocycles. The van der Waals surface area contributed by atoms with E-state index in [1.54, 1.807) is 18.2 Å². The maximum Gasteiger partial charge on any atom is 0.147 e. The second kappa shape index (κ2) is 6.29. The molecule has 0 spiro atoms. The third-order valence-corrected chi connectivity index (χ3v) is 4.36. The zero-order valence-corrected chi connectivity index (χ0v) is 13.8. The molecule has 0 aliphatic carbocycles. The van der Waals surface area contributed by atoms with Crippen molar-refractivity contribution in [2.75, 3.05) is 0 Å². The molecule has 0 amide bonds. The van der Waals surface area contributed by atoms with Crippen LogP contribution in [0.1, 0.15) is 5.56 Å². The minimum atomic E-state index is 0.413. The van der Waals surface area contributed by atoms with Crippen LogP contribution in [0.3, 0.4) is 0 Å². The molecule has 0 aromatic heterocycles. The van der Waals surface area contributed by atoms with Gasteiger partial charge in [0, 0.05) is 5.33 Å². The number of ether oxygens (including phenoxy) is 1. The molecule has 0 fully saturated rings. The summed E-state index contributed by atoms with van der Waals surface area (Å²) in [5.74, 6) is 1.24. The van der Waals surface area contributed by atoms with Crippen LogP contribution in [0.15, 0.2) is 40.9 Å². The zero-order chi connectivity index (χ0) is 13.1. The van der Waals surface area contributed by atoms with Gasteiger partial charge < -0.3 is 4.74 Å². The van der Waals surface area contributed by atoms with Crippen LogP contribution in [-0.2, 0) is 5.33 Å². The van der Waals surface area contributed by atoms with Crippen LogP contribution >= 0.6 is 55.1 Å². The summed E-state index contributed by atoms with van der Waals surface area (Å²) >= 11 is 18.9. The lowest BCUT2D eigenvalue weighted by Crippen LogP contribution is -1.88. The molecular weight excluding hydrogens is 403 g/mol. The van der Waals surface area contributed by atoms with Crippen molar-refractivity contribution < 1.29 is 4.74 Å². The van der Waals surface area contributed by atoms with Crippen LogP contribution in [0.2, 0.25) is 10.0 Å². The largest absolute Gasteiger partial charge is 0.455 e. The van der Waals surface area contributed by atoms with E-state index in [1.807, 2.05) is 18.2 Å². The Labute approximate surface area is 132 Å². The highest BCUT2D eigenvalue weighted by Crippen LogP contribution is 2.37. The van der Waals surface area contributed by atoms with E-state index in [0.717, 1.165) is 15.4 Å². The Balaban J connectivity index is 2.31. The van der Waals surface area contributed by atoms with Gasteiger partial charge in [0.25, 0.3) is 0 Å². The standard InChI is InChI=1S/C13H8Br2Cl2O/c14-7-8-4-5-11(9(15)6-8)18-12-3-1-2-10(16)13(12)17/h1-6H,7H2. The van der Waals surface area contributed by atoms with Crippen molar-refractivity contribution in [3.05, 3.63) is 56.5 Å². The average Bonchev–Trinajstić information content (AvgIpc) is 2.37. The SMILES string of the molecule is Clc1cccc(Oc2ccc(CBr)cc2Br)c1Cl. The fourth-order valence-corrected chi connectivity index (χ4v) is 2.58. The fraction of sp³-hybridized carbons (Fsp3) is 0.0769. The first-order valence-corrected chi connectivity index (χ1v) is 7.75. The summed E-state index contributed by atoms with van der Waals surface area (Å²) in [4.78, 5) is 0. The fourth-order valence-electron chi connectivity index (χ4n) is 1.39. The van der Waals surface area contributed by atoms with E-state index in [-0.39, 0.29) is 0 Å². The van der Waals surface area contributed by atoms with Crippen molar-refractivity contribution in [3.8, 4) is 11.5 Å². The van der Waals surface area contributed by atoms with Gasteiger partial charge >= 0.3 is 0 Å². The number of benzene rings is 2. The molecule has 0 radical (unpaired) electrons. The number of rotatable bonds is 3. The molecule has 0 saturated carbocycles. The molecule has 0 bridgehead atoms. The first-order chi connectivity index (χ1) is 8.61. The Morgan fingerprint density at radius 2 is 1.83 bits per heavy atom. The molecule has 0 aliphatic heterocycles. The molecule has 0 N–H and O–H groups in total. The molecule has 0 unspecified atom stereocenters. The minimum absolute atomic E-state index is 0.413. The van der Waals surface area contributed by atoms with Gasteiger partial charge in [-0.1, -0.05) is 51.3 Å². The van der Waals surface area contributed by atoms with Crippen molar-refractivity contribution in [3.63, 3.8) is 0 Å². The maximum absolute atomic E-state index is 6.07. The van der Waals surface area contributed by atoms with Gasteiger partial charge in [-0.3, -0.25) is 0 Å². The average molecular weight is 411 g/mol. The molecule has 94 valence electrons. The second-order valence-corrected chi connectivity index (χ2v) is 5.75. The van der Waals surface area contributed by atoms with Crippen molar-refractivity contribution in [2.45, 2.75) is 5.33 Å². The van der Waals surface area contributed by atoms with Gasteiger partial charge in [0.1, 0.15) is 16.5 Å². The van der Waals surface area contributed by atoms with Gasteiger partial charge in [-0.25, -0.2) is 0 Å². The van der Waals surface area contributed by atoms with Crippen molar-refractivity contribution >= 4 is 55.1 Å². The van der Waals surface area contributed by atoms with Gasteiger partial charge in [-0.15, -0.1) is 0 Å². The van der Waals surface area contributed by atoms with E-state index >= 15 is 0 Å². The summed E-state index contributed by atoms with van der Waals surface area (Å²) in [6.07, 6.45) is 0. The number of hydrogen-bond donors (Lipinski definition) is 0. The summed E-state index contributed by atoms with van der Waals surface area (Å²) < 4.78 is 6.61. The Morgan fingerprint density at radius 3 is 2.50 bits per heavy atom. The summed E-state index contributed by atoms with van der Waals surface area (Å²) in [7, 11) is 0. The van der Waals surface area contributed by atoms with E-state index in [0.29, 0.717) is 21.5 Å². The first-order valence-electron chi connectivity index (χ1n) is 5.08. The highest BCUT2D eigenvalue weighted by atomic mass is 79.9. The van der Waals surface area contributed by atoms with Crippen LogP contribution in [-0.4, -0.2) is 0 Å². The van der Waals surface area contributed by atoms with E-state index in [4.69, 9.17) is 27.9 Å². The molecule has 0 aliphatic rings. The first kappa shape index (κ1) is 14.2. The van der Waals surface area contributed by atoms with E-state index in [1.165, 1.54) is 0 Å². The molecule has 1 nitrogen and oxygen atoms in total. The van der Waals surface area contributed by atoms with Crippen LogP contribution < -0.4 is 4.74 Å². The molecule has 2 rings (SSSR count). The Bertz CT molecular complexity index is 573. The number of alkyl halides is 1. The maximum atomic E-state index is 6.07. The highest BCUT2D eigenvalue weighted by molar-refractivity contribution is 9.10. The quantitative estimate of drug-likeness (QED) is 0.529. The minimum Gasteiger partial charge on any atom is -0.455 e. The van der Waals surface area contributed by atoms with Gasteiger partial charge in [-0.2, -0.15) is 0 Å². The monoisotopic (exact) mass is 408 g/mol. The predicted octanol–water partition coefficient (Wildman–Crippen LogP) is 6.44. The molecule has 0 saturated heterocycles. The molecule has 2 aromatic rings. The van der Waals surface area contributed by atoms with E-state index < -0.39 is 0 Å². The highest BCUT2D eigenvalue weighted by Gasteiger charge is 2.09. The molecular formula is C13H8Br2Cl2O. The predicted molar refractivity (Wildman–Crippen MR) is 83.3 cm³/mol. The van der Waals surface area contributed by atoms with Crippen LogP contribution in [0.4, 0.5) is 0 Å². The number of halogens is 4. The van der Waals surface area contributed by atoms with Crippen molar-refractivity contribution in [1.29, 1.82) is 0 Å². The summed E-state index contributed by atoms with van der Waals surface area (Å²) in [5.41, 5.74) is 1.16. The summed E-state index contributed by atoms with van der Waals surface area (Å²) in [6, 6.07) is 11.1. The van der Waals surface area contributed by atoms with Crippen LogP contribution in [0.25, 0.3) is 0 Å². The van der Waals surface area contributed by atoms with Crippen LogP contribution in [0.5, 0.6) is 11.5 Å². The molecule has 2 aromatic carbocycles. The molecule has 18 heavy (non-hydrogen) atoms. The molecule has 5 heteroatoms. The van der Waals surface area contributed by atoms with Crippen molar-refractivity contribution in [2.24, 2.45) is 0 Å². The van der Waals surface area contributed by atoms with E-state index in [2.05, 4.69) is 31.9 Å². The van der Waals surface area contributed by atoms with Crippen LogP contribution in [0, 0.1) is 0 Å². The Morgan fingerprint density at radius 1 is 1.06 bits per heavy atom. The van der Waals surface area contributed by atoms with Gasteiger partial charge in [0.05, 0.1) is 9.50 Å². The normalized spacial score (nSPS) is 10.4. The number of hydrogen-bond acceptors (Lipinski definition) is 1.